The van der Waals surface area contributed by atoms with E-state index in [1.54, 1.807) is 0 Å². The minimum atomic E-state index is -0.0102. The molecule has 2 rings (SSSR count). The molecular formula is C14H21NO. The van der Waals surface area contributed by atoms with E-state index in [1.807, 2.05) is 0 Å². The van der Waals surface area contributed by atoms with Crippen molar-refractivity contribution >= 4 is 0 Å². The van der Waals surface area contributed by atoms with Gasteiger partial charge in [0.25, 0.3) is 0 Å². The molecule has 1 aromatic carbocycles. The molecule has 0 unspecified atom stereocenters. The Morgan fingerprint density at radius 3 is 2.94 bits per heavy atom. The van der Waals surface area contributed by atoms with Crippen LogP contribution < -0.4 is 0 Å². The van der Waals surface area contributed by atoms with Gasteiger partial charge in [0.1, 0.15) is 0 Å². The van der Waals surface area contributed by atoms with E-state index in [-0.39, 0.29) is 12.1 Å². The fraction of sp³-hybridized carbons (Fsp3) is 0.571. The van der Waals surface area contributed by atoms with Gasteiger partial charge in [0.15, 0.2) is 0 Å². The summed E-state index contributed by atoms with van der Waals surface area (Å²) in [6.07, 6.45) is 2.30. The fourth-order valence-corrected chi connectivity index (χ4v) is 2.56. The van der Waals surface area contributed by atoms with Crippen LogP contribution in [0.2, 0.25) is 0 Å². The second-order valence-corrected chi connectivity index (χ2v) is 5.17. The van der Waals surface area contributed by atoms with Crippen LogP contribution in [0.1, 0.15) is 30.9 Å². The molecule has 0 saturated carbocycles. The summed E-state index contributed by atoms with van der Waals surface area (Å²) in [6, 6.07) is 8.63. The van der Waals surface area contributed by atoms with Crippen molar-refractivity contribution in [1.29, 1.82) is 0 Å². The summed E-state index contributed by atoms with van der Waals surface area (Å²) in [4.78, 5) is 2.40. The third-order valence-corrected chi connectivity index (χ3v) is 3.70. The van der Waals surface area contributed by atoms with Crippen molar-refractivity contribution in [2.75, 3.05) is 13.2 Å². The maximum atomic E-state index is 9.49. The van der Waals surface area contributed by atoms with Crippen LogP contribution >= 0.6 is 0 Å². The number of rotatable bonds is 3. The quantitative estimate of drug-likeness (QED) is 0.843. The average molecular weight is 219 g/mol. The van der Waals surface area contributed by atoms with Gasteiger partial charge in [-0.2, -0.15) is 0 Å². The largest absolute Gasteiger partial charge is 0.394 e. The van der Waals surface area contributed by atoms with Gasteiger partial charge >= 0.3 is 0 Å². The Labute approximate surface area is 97.9 Å². The summed E-state index contributed by atoms with van der Waals surface area (Å²) in [7, 11) is 0. The van der Waals surface area contributed by atoms with Crippen LogP contribution in [-0.2, 0) is 6.54 Å². The first-order valence-corrected chi connectivity index (χ1v) is 6.05. The van der Waals surface area contributed by atoms with E-state index in [0.29, 0.717) is 0 Å². The third kappa shape index (κ3) is 2.28. The lowest BCUT2D eigenvalue weighted by molar-refractivity contribution is 0.0734. The first-order chi connectivity index (χ1) is 7.64. The van der Waals surface area contributed by atoms with Crippen LogP contribution in [0, 0.1) is 6.92 Å². The molecule has 1 aliphatic rings. The lowest BCUT2D eigenvalue weighted by Gasteiger charge is -2.33. The number of nitrogens with zero attached hydrogens (tertiary/aromatic N) is 1. The zero-order valence-corrected chi connectivity index (χ0v) is 10.2. The summed E-state index contributed by atoms with van der Waals surface area (Å²) in [5, 5.41) is 9.49. The summed E-state index contributed by atoms with van der Waals surface area (Å²) in [6.45, 7) is 6.61. The molecule has 0 aliphatic carbocycles. The van der Waals surface area contributed by atoms with Crippen molar-refractivity contribution in [2.24, 2.45) is 0 Å². The van der Waals surface area contributed by atoms with E-state index in [1.165, 1.54) is 17.5 Å². The molecule has 0 spiro atoms. The number of likely N-dealkylation sites (tertiary alicyclic amines) is 1. The maximum Gasteiger partial charge on any atom is 0.0612 e. The monoisotopic (exact) mass is 219 g/mol. The van der Waals surface area contributed by atoms with E-state index in [2.05, 4.69) is 43.0 Å². The molecule has 2 heteroatoms. The molecule has 2 nitrogen and oxygen atoms in total. The molecule has 1 saturated heterocycles. The van der Waals surface area contributed by atoms with E-state index >= 15 is 0 Å². The first-order valence-electron chi connectivity index (χ1n) is 6.05. The highest BCUT2D eigenvalue weighted by Crippen LogP contribution is 2.29. The highest BCUT2D eigenvalue weighted by Gasteiger charge is 2.35. The maximum absolute atomic E-state index is 9.49. The van der Waals surface area contributed by atoms with Gasteiger partial charge in [-0.05, 0) is 38.8 Å². The molecule has 0 amide bonds. The van der Waals surface area contributed by atoms with Gasteiger partial charge in [0, 0.05) is 12.1 Å². The Bertz CT molecular complexity index is 364. The topological polar surface area (TPSA) is 23.5 Å². The molecule has 0 bridgehead atoms. The number of benzene rings is 1. The van der Waals surface area contributed by atoms with Crippen LogP contribution in [0.25, 0.3) is 0 Å². The van der Waals surface area contributed by atoms with E-state index in [4.69, 9.17) is 0 Å². The van der Waals surface area contributed by atoms with Gasteiger partial charge < -0.3 is 5.11 Å². The van der Waals surface area contributed by atoms with E-state index in [9.17, 15) is 5.11 Å². The highest BCUT2D eigenvalue weighted by atomic mass is 16.3. The van der Waals surface area contributed by atoms with Crippen LogP contribution in [-0.4, -0.2) is 28.7 Å². The van der Waals surface area contributed by atoms with Crippen molar-refractivity contribution in [1.82, 2.24) is 4.90 Å². The minimum absolute atomic E-state index is 0.0102. The molecule has 0 aromatic heterocycles. The first kappa shape index (κ1) is 11.6. The Kier molecular flexibility index (Phi) is 3.31. The normalized spacial score (nSPS) is 26.2. The molecule has 88 valence electrons. The molecule has 16 heavy (non-hydrogen) atoms. The summed E-state index contributed by atoms with van der Waals surface area (Å²) < 4.78 is 0. The fourth-order valence-electron chi connectivity index (χ4n) is 2.56. The smallest absolute Gasteiger partial charge is 0.0612 e. The predicted molar refractivity (Wildman–Crippen MR) is 66.3 cm³/mol. The summed E-state index contributed by atoms with van der Waals surface area (Å²) in [5.41, 5.74) is 2.65. The Hall–Kier alpha value is -0.860. The number of hydrogen-bond acceptors (Lipinski definition) is 2. The molecule has 1 heterocycles. The standard InChI is InChI=1S/C14H21NO/c1-12-5-3-6-13(9-12)10-15-8-4-7-14(15,2)11-16/h3,5-6,9,16H,4,7-8,10-11H2,1-2H3/t14-/m1/s1. The van der Waals surface area contributed by atoms with Crippen molar-refractivity contribution in [3.05, 3.63) is 35.4 Å². The Morgan fingerprint density at radius 1 is 1.44 bits per heavy atom. The zero-order chi connectivity index (χ0) is 11.6. The minimum Gasteiger partial charge on any atom is -0.394 e. The van der Waals surface area contributed by atoms with Crippen LogP contribution in [0.4, 0.5) is 0 Å². The average Bonchev–Trinajstić information content (AvgIpc) is 2.61. The number of aliphatic hydroxyl groups excluding tert-OH is 1. The molecular weight excluding hydrogens is 198 g/mol. The summed E-state index contributed by atoms with van der Waals surface area (Å²) in [5.74, 6) is 0. The number of hydrogen-bond donors (Lipinski definition) is 1. The van der Waals surface area contributed by atoms with Gasteiger partial charge in [-0.25, -0.2) is 0 Å². The van der Waals surface area contributed by atoms with Crippen molar-refractivity contribution < 1.29 is 5.11 Å². The van der Waals surface area contributed by atoms with E-state index < -0.39 is 0 Å². The molecule has 1 fully saturated rings. The molecule has 1 atom stereocenters. The second kappa shape index (κ2) is 4.56. The van der Waals surface area contributed by atoms with Crippen LogP contribution in [0.15, 0.2) is 24.3 Å². The van der Waals surface area contributed by atoms with E-state index in [0.717, 1.165) is 19.5 Å². The molecule has 1 aliphatic heterocycles. The van der Waals surface area contributed by atoms with Crippen LogP contribution in [0.3, 0.4) is 0 Å². The van der Waals surface area contributed by atoms with Crippen molar-refractivity contribution in [2.45, 2.75) is 38.8 Å². The Morgan fingerprint density at radius 2 is 2.25 bits per heavy atom. The zero-order valence-electron chi connectivity index (χ0n) is 10.2. The third-order valence-electron chi connectivity index (χ3n) is 3.70. The number of aryl methyl sites for hydroxylation is 1. The molecule has 1 N–H and O–H groups in total. The lowest BCUT2D eigenvalue weighted by atomic mass is 9.99. The lowest BCUT2D eigenvalue weighted by Crippen LogP contribution is -2.43. The molecule has 0 radical (unpaired) electrons. The van der Waals surface area contributed by atoms with Gasteiger partial charge in [-0.1, -0.05) is 29.8 Å². The van der Waals surface area contributed by atoms with Crippen molar-refractivity contribution in [3.8, 4) is 0 Å². The van der Waals surface area contributed by atoms with Gasteiger partial charge in [-0.3, -0.25) is 4.90 Å². The SMILES string of the molecule is Cc1cccc(CN2CCC[C@]2(C)CO)c1. The number of aliphatic hydroxyl groups is 1. The highest BCUT2D eigenvalue weighted by molar-refractivity contribution is 5.22. The Balaban J connectivity index is 2.10. The second-order valence-electron chi connectivity index (χ2n) is 5.17. The van der Waals surface area contributed by atoms with Gasteiger partial charge in [0.2, 0.25) is 0 Å². The predicted octanol–water partition coefficient (Wildman–Crippen LogP) is 2.34. The van der Waals surface area contributed by atoms with Crippen LogP contribution in [0.5, 0.6) is 0 Å². The van der Waals surface area contributed by atoms with Gasteiger partial charge in [0.05, 0.1) is 6.61 Å². The molecule has 1 aromatic rings. The van der Waals surface area contributed by atoms with Crippen molar-refractivity contribution in [3.63, 3.8) is 0 Å². The summed E-state index contributed by atoms with van der Waals surface area (Å²) >= 11 is 0. The van der Waals surface area contributed by atoms with Gasteiger partial charge in [-0.15, -0.1) is 0 Å².